The number of rotatable bonds is 5. The van der Waals surface area contributed by atoms with Crippen molar-refractivity contribution < 1.29 is 0 Å². The first kappa shape index (κ1) is 14.1. The van der Waals surface area contributed by atoms with Crippen molar-refractivity contribution in [3.05, 3.63) is 45.8 Å². The average Bonchev–Trinajstić information content (AvgIpc) is 3.16. The second-order valence-electron chi connectivity index (χ2n) is 5.56. The quantitative estimate of drug-likeness (QED) is 0.776. The number of thiophene rings is 1. The molecule has 1 aliphatic carbocycles. The molecular weight excluding hydrogens is 286 g/mol. The van der Waals surface area contributed by atoms with E-state index in [1.54, 1.807) is 0 Å². The van der Waals surface area contributed by atoms with Crippen molar-refractivity contribution in [2.24, 2.45) is 5.92 Å². The van der Waals surface area contributed by atoms with E-state index in [1.165, 1.54) is 28.2 Å². The van der Waals surface area contributed by atoms with Gasteiger partial charge in [0, 0.05) is 26.4 Å². The van der Waals surface area contributed by atoms with Crippen molar-refractivity contribution in [2.75, 3.05) is 6.54 Å². The highest BCUT2D eigenvalue weighted by atomic mass is 35.5. The molecule has 1 nitrogen and oxygen atoms in total. The van der Waals surface area contributed by atoms with E-state index < -0.39 is 0 Å². The summed E-state index contributed by atoms with van der Waals surface area (Å²) in [6.07, 6.45) is 2.71. The zero-order chi connectivity index (χ0) is 14.1. The molecule has 1 heterocycles. The van der Waals surface area contributed by atoms with Crippen molar-refractivity contribution in [2.45, 2.75) is 32.7 Å². The summed E-state index contributed by atoms with van der Waals surface area (Å²) >= 11 is 8.22. The van der Waals surface area contributed by atoms with E-state index in [4.69, 9.17) is 11.6 Å². The molecule has 3 heteroatoms. The van der Waals surface area contributed by atoms with Crippen LogP contribution in [0.15, 0.2) is 30.3 Å². The molecule has 0 radical (unpaired) electrons. The van der Waals surface area contributed by atoms with Gasteiger partial charge in [0.2, 0.25) is 0 Å². The second-order valence-corrected chi connectivity index (χ2v) is 7.08. The molecule has 1 atom stereocenters. The molecule has 0 aliphatic heterocycles. The highest BCUT2D eigenvalue weighted by molar-refractivity contribution is 7.15. The van der Waals surface area contributed by atoms with Crippen LogP contribution >= 0.6 is 22.9 Å². The van der Waals surface area contributed by atoms with Crippen molar-refractivity contribution in [3.63, 3.8) is 0 Å². The second kappa shape index (κ2) is 5.88. The molecule has 3 rings (SSSR count). The third-order valence-corrected chi connectivity index (χ3v) is 5.37. The minimum absolute atomic E-state index is 0.530. The molecule has 1 fully saturated rings. The van der Waals surface area contributed by atoms with Gasteiger partial charge in [-0.15, -0.1) is 11.3 Å². The van der Waals surface area contributed by atoms with E-state index in [-0.39, 0.29) is 0 Å². The molecule has 1 aromatic carbocycles. The van der Waals surface area contributed by atoms with E-state index in [2.05, 4.69) is 43.4 Å². The topological polar surface area (TPSA) is 12.0 Å². The number of nitrogens with one attached hydrogen (secondary N) is 1. The Morgan fingerprint density at radius 3 is 2.80 bits per heavy atom. The highest BCUT2D eigenvalue weighted by Gasteiger charge is 2.32. The van der Waals surface area contributed by atoms with Crippen LogP contribution in [0.5, 0.6) is 0 Å². The fraction of sp³-hybridized carbons (Fsp3) is 0.412. The number of aryl methyl sites for hydroxylation is 1. The summed E-state index contributed by atoms with van der Waals surface area (Å²) < 4.78 is 0. The Bertz CT molecular complexity index is 601. The molecule has 1 N–H and O–H groups in total. The first-order valence-corrected chi connectivity index (χ1v) is 8.48. The maximum absolute atomic E-state index is 6.35. The maximum Gasteiger partial charge on any atom is 0.0492 e. The average molecular weight is 306 g/mol. The van der Waals surface area contributed by atoms with Gasteiger partial charge in [0.25, 0.3) is 0 Å². The van der Waals surface area contributed by atoms with Gasteiger partial charge in [-0.3, -0.25) is 0 Å². The molecule has 1 aliphatic rings. The van der Waals surface area contributed by atoms with Crippen LogP contribution < -0.4 is 5.32 Å². The molecule has 1 unspecified atom stereocenters. The van der Waals surface area contributed by atoms with E-state index in [1.807, 2.05) is 17.4 Å². The first-order chi connectivity index (χ1) is 9.69. The van der Waals surface area contributed by atoms with Gasteiger partial charge in [-0.2, -0.15) is 0 Å². The fourth-order valence-electron chi connectivity index (χ4n) is 2.64. The molecule has 1 saturated carbocycles. The molecule has 0 amide bonds. The SMILES string of the molecule is CCNC(c1ccc(-c2cc(C)ccc2Cl)s1)C1CC1. The summed E-state index contributed by atoms with van der Waals surface area (Å²) in [5.74, 6) is 0.828. The van der Waals surface area contributed by atoms with Gasteiger partial charge in [0.1, 0.15) is 0 Å². The molecule has 20 heavy (non-hydrogen) atoms. The Morgan fingerprint density at radius 1 is 1.30 bits per heavy atom. The van der Waals surface area contributed by atoms with Gasteiger partial charge in [-0.1, -0.05) is 30.2 Å². The van der Waals surface area contributed by atoms with Crippen molar-refractivity contribution in [3.8, 4) is 10.4 Å². The van der Waals surface area contributed by atoms with E-state index in [0.717, 1.165) is 23.0 Å². The molecule has 0 bridgehead atoms. The summed E-state index contributed by atoms with van der Waals surface area (Å²) in [7, 11) is 0. The lowest BCUT2D eigenvalue weighted by atomic mass is 10.1. The van der Waals surface area contributed by atoms with Crippen LogP contribution in [0.3, 0.4) is 0 Å². The Balaban J connectivity index is 1.90. The van der Waals surface area contributed by atoms with Crippen LogP contribution in [0, 0.1) is 12.8 Å². The third-order valence-electron chi connectivity index (χ3n) is 3.84. The molecule has 0 saturated heterocycles. The predicted octanol–water partition coefficient (Wildman–Crippen LogP) is 5.44. The van der Waals surface area contributed by atoms with Crippen LogP contribution in [-0.2, 0) is 0 Å². The van der Waals surface area contributed by atoms with Crippen LogP contribution in [-0.4, -0.2) is 6.54 Å². The van der Waals surface area contributed by atoms with Crippen LogP contribution in [0.4, 0.5) is 0 Å². The Kier molecular flexibility index (Phi) is 4.16. The van der Waals surface area contributed by atoms with Gasteiger partial charge in [-0.05, 0) is 56.5 Å². The highest BCUT2D eigenvalue weighted by Crippen LogP contribution is 2.44. The lowest BCUT2D eigenvalue weighted by Crippen LogP contribution is -2.21. The van der Waals surface area contributed by atoms with Crippen molar-refractivity contribution >= 4 is 22.9 Å². The summed E-state index contributed by atoms with van der Waals surface area (Å²) in [5, 5.41) is 4.47. The number of halogens is 1. The van der Waals surface area contributed by atoms with Gasteiger partial charge in [0.15, 0.2) is 0 Å². The molecular formula is C17H20ClNS. The summed E-state index contributed by atoms with van der Waals surface area (Å²) in [6.45, 7) is 5.32. The minimum Gasteiger partial charge on any atom is -0.309 e. The van der Waals surface area contributed by atoms with E-state index in [9.17, 15) is 0 Å². The fourth-order valence-corrected chi connectivity index (χ4v) is 4.12. The summed E-state index contributed by atoms with van der Waals surface area (Å²) in [6, 6.07) is 11.2. The van der Waals surface area contributed by atoms with Crippen LogP contribution in [0.25, 0.3) is 10.4 Å². The predicted molar refractivity (Wildman–Crippen MR) is 88.6 cm³/mol. The van der Waals surface area contributed by atoms with Gasteiger partial charge >= 0.3 is 0 Å². The summed E-state index contributed by atoms with van der Waals surface area (Å²) in [4.78, 5) is 2.72. The Morgan fingerprint density at radius 2 is 2.10 bits per heavy atom. The monoisotopic (exact) mass is 305 g/mol. The lowest BCUT2D eigenvalue weighted by Gasteiger charge is -2.15. The molecule has 106 valence electrons. The van der Waals surface area contributed by atoms with Crippen molar-refractivity contribution in [1.82, 2.24) is 5.32 Å². The number of hydrogen-bond donors (Lipinski definition) is 1. The largest absolute Gasteiger partial charge is 0.309 e. The Labute approximate surface area is 130 Å². The molecule has 2 aromatic rings. The normalized spacial score (nSPS) is 16.4. The summed E-state index contributed by atoms with van der Waals surface area (Å²) in [5.41, 5.74) is 2.42. The van der Waals surface area contributed by atoms with Crippen molar-refractivity contribution in [1.29, 1.82) is 0 Å². The molecule has 1 aromatic heterocycles. The van der Waals surface area contributed by atoms with E-state index in [0.29, 0.717) is 6.04 Å². The maximum atomic E-state index is 6.35. The standard InChI is InChI=1S/C17H20ClNS/c1-3-19-17(12-5-6-12)16-9-8-15(20-16)13-10-11(2)4-7-14(13)18/h4,7-10,12,17,19H,3,5-6H2,1-2H3. The third kappa shape index (κ3) is 2.93. The van der Waals surface area contributed by atoms with E-state index >= 15 is 0 Å². The smallest absolute Gasteiger partial charge is 0.0492 e. The van der Waals surface area contributed by atoms with Gasteiger partial charge < -0.3 is 5.32 Å². The lowest BCUT2D eigenvalue weighted by molar-refractivity contribution is 0.504. The Hall–Kier alpha value is -0.830. The number of benzene rings is 1. The van der Waals surface area contributed by atoms with Gasteiger partial charge in [0.05, 0.1) is 0 Å². The van der Waals surface area contributed by atoms with Crippen LogP contribution in [0.1, 0.15) is 36.2 Å². The minimum atomic E-state index is 0.530. The number of hydrogen-bond acceptors (Lipinski definition) is 2. The first-order valence-electron chi connectivity index (χ1n) is 7.28. The van der Waals surface area contributed by atoms with Gasteiger partial charge in [-0.25, -0.2) is 0 Å². The zero-order valence-electron chi connectivity index (χ0n) is 11.9. The van der Waals surface area contributed by atoms with Crippen LogP contribution in [0.2, 0.25) is 5.02 Å². The zero-order valence-corrected chi connectivity index (χ0v) is 13.5. The molecule has 0 spiro atoms.